The number of methoxy groups -OCH3 is 2. The molecule has 16 nitrogen and oxygen atoms in total. The highest BCUT2D eigenvalue weighted by molar-refractivity contribution is 5.87. The smallest absolute Gasteiger partial charge is 0.407 e. The van der Waals surface area contributed by atoms with Gasteiger partial charge >= 0.3 is 12.2 Å². The number of fused-ring (bicyclic) bond motifs is 6. The Hall–Kier alpha value is -5.74. The molecule has 2 saturated heterocycles. The zero-order chi connectivity index (χ0) is 42.3. The zero-order valence-electron chi connectivity index (χ0n) is 35.0. The number of ether oxygens (including phenoxy) is 4. The minimum absolute atomic E-state index is 0.116. The first kappa shape index (κ1) is 42.4. The predicted octanol–water partition coefficient (Wildman–Crippen LogP) is 6.28. The number of benzene rings is 2. The van der Waals surface area contributed by atoms with Crippen LogP contribution in [0.1, 0.15) is 88.6 Å². The lowest BCUT2D eigenvalue weighted by molar-refractivity contribution is -0.138. The van der Waals surface area contributed by atoms with Crippen LogP contribution in [-0.2, 0) is 35.1 Å². The average Bonchev–Trinajstić information content (AvgIpc) is 4.10. The molecule has 4 aromatic rings. The largest absolute Gasteiger partial charge is 0.453 e. The molecule has 16 heteroatoms. The van der Waals surface area contributed by atoms with E-state index in [4.69, 9.17) is 28.9 Å². The van der Waals surface area contributed by atoms with Gasteiger partial charge in [0, 0.05) is 31.9 Å². The molecule has 0 radical (unpaired) electrons. The van der Waals surface area contributed by atoms with Crippen LogP contribution in [0.5, 0.6) is 0 Å². The summed E-state index contributed by atoms with van der Waals surface area (Å²) < 4.78 is 21.9. The number of amides is 4. The zero-order valence-corrected chi connectivity index (χ0v) is 35.0. The molecule has 0 spiro atoms. The monoisotopic (exact) mass is 824 g/mol. The first-order valence-corrected chi connectivity index (χ1v) is 20.9. The summed E-state index contributed by atoms with van der Waals surface area (Å²) in [5, 5.41) is 5.40. The number of alkyl carbamates (subject to hydrolysis) is 2. The molecule has 4 amide bonds. The maximum absolute atomic E-state index is 14.0. The number of aromatic amines is 2. The van der Waals surface area contributed by atoms with Crippen molar-refractivity contribution in [2.24, 2.45) is 5.92 Å². The summed E-state index contributed by atoms with van der Waals surface area (Å²) in [5.74, 6) is 0.898. The molecule has 0 unspecified atom stereocenters. The summed E-state index contributed by atoms with van der Waals surface area (Å²) in [6, 6.07) is 12.5. The van der Waals surface area contributed by atoms with Crippen LogP contribution in [0.25, 0.3) is 33.6 Å². The van der Waals surface area contributed by atoms with Crippen LogP contribution in [0.3, 0.4) is 0 Å². The third-order valence-electron chi connectivity index (χ3n) is 11.7. The highest BCUT2D eigenvalue weighted by Gasteiger charge is 2.40. The lowest BCUT2D eigenvalue weighted by atomic mass is 9.97. The van der Waals surface area contributed by atoms with E-state index in [1.165, 1.54) is 14.2 Å². The van der Waals surface area contributed by atoms with E-state index in [0.29, 0.717) is 44.6 Å². The molecule has 2 bridgehead atoms. The molecule has 3 aliphatic heterocycles. The van der Waals surface area contributed by atoms with Gasteiger partial charge in [-0.3, -0.25) is 9.59 Å². The van der Waals surface area contributed by atoms with Gasteiger partial charge in [-0.15, -0.1) is 0 Å². The Morgan fingerprint density at radius 1 is 0.817 bits per heavy atom. The van der Waals surface area contributed by atoms with Crippen LogP contribution in [-0.4, -0.2) is 112 Å². The number of aromatic nitrogens is 4. The molecular weight excluding hydrogens is 769 g/mol. The molecule has 5 atom stereocenters. The molecule has 4 N–H and O–H groups in total. The Morgan fingerprint density at radius 3 is 2.22 bits per heavy atom. The minimum Gasteiger partial charge on any atom is -0.453 e. The molecular formula is C44H56N8O8. The highest BCUT2D eigenvalue weighted by Crippen LogP contribution is 2.36. The number of H-pyrrole nitrogens is 2. The second kappa shape index (κ2) is 19.1. The van der Waals surface area contributed by atoms with Gasteiger partial charge in [0.2, 0.25) is 11.8 Å². The number of hydrogen-bond acceptors (Lipinski definition) is 10. The Labute approximate surface area is 350 Å². The first-order chi connectivity index (χ1) is 29.1. The lowest BCUT2D eigenvalue weighted by Gasteiger charge is -2.31. The Bertz CT molecular complexity index is 2130. The molecule has 320 valence electrons. The summed E-state index contributed by atoms with van der Waals surface area (Å²) >= 11 is 0. The quantitative estimate of drug-likeness (QED) is 0.165. The third kappa shape index (κ3) is 9.34. The second-order valence-corrected chi connectivity index (χ2v) is 16.0. The maximum atomic E-state index is 14.0. The fraction of sp³-hybridized carbons (Fsp3) is 0.500. The summed E-state index contributed by atoms with van der Waals surface area (Å²) in [4.78, 5) is 71.9. The average molecular weight is 825 g/mol. The standard InChI is InChI=1S/C44H56N8O8/c1-26(2)37(49-43(55)57-4)41(53)51-18-8-10-35(51)39-45-23-33(47-39)29-14-12-28(13-15-29)30-16-17-32-31(22-30)25-59-20-6-7-21-60-27(3)38(50-44(56)58-5)42(54)52-19-9-11-36(52)40-46-24-34(32)48-40/h12-17,22-24,26-27,35-38H,6-11,18-21,25H2,1-5H3,(H,45,47)(H,46,48)(H,49,55)(H,50,56)/t27-,35-,36-,37-,38-/m0/s1. The van der Waals surface area contributed by atoms with Crippen molar-refractivity contribution in [2.75, 3.05) is 40.5 Å². The molecule has 0 aliphatic carbocycles. The summed E-state index contributed by atoms with van der Waals surface area (Å²) in [7, 11) is 2.56. The van der Waals surface area contributed by atoms with Crippen LogP contribution in [0.15, 0.2) is 54.9 Å². The van der Waals surface area contributed by atoms with E-state index in [1.54, 1.807) is 22.9 Å². The number of imidazole rings is 2. The van der Waals surface area contributed by atoms with Gasteiger partial charge in [0.15, 0.2) is 0 Å². The van der Waals surface area contributed by atoms with Crippen molar-refractivity contribution >= 4 is 24.0 Å². The number of carbonyl (C=O) groups excluding carboxylic acids is 4. The fourth-order valence-electron chi connectivity index (χ4n) is 8.40. The molecule has 5 heterocycles. The van der Waals surface area contributed by atoms with Crippen molar-refractivity contribution < 1.29 is 38.1 Å². The molecule has 2 aromatic heterocycles. The van der Waals surface area contributed by atoms with E-state index in [1.807, 2.05) is 20.0 Å². The van der Waals surface area contributed by atoms with E-state index in [9.17, 15) is 19.2 Å². The summed E-state index contributed by atoms with van der Waals surface area (Å²) in [5.41, 5.74) is 6.64. The van der Waals surface area contributed by atoms with Gasteiger partial charge in [0.05, 0.1) is 62.8 Å². The van der Waals surface area contributed by atoms with Gasteiger partial charge in [-0.2, -0.15) is 0 Å². The molecule has 3 aliphatic rings. The van der Waals surface area contributed by atoms with Gasteiger partial charge in [0.1, 0.15) is 23.7 Å². The normalized spacial score (nSPS) is 21.8. The predicted molar refractivity (Wildman–Crippen MR) is 222 cm³/mol. The third-order valence-corrected chi connectivity index (χ3v) is 11.7. The SMILES string of the molecule is COC(=O)N[C@H](C(=O)N1CCC[C@H]1c1ncc(-c2ccc(-c3ccc4c(c3)COCCCCO[C@@H](C)[C@H](NC(=O)OC)C(=O)N3CCC[C@H]3c3ncc-4[nH]3)cc2)[nH]1)C(C)C. The first-order valence-electron chi connectivity index (χ1n) is 20.9. The van der Waals surface area contributed by atoms with E-state index in [0.717, 1.165) is 77.7 Å². The molecule has 60 heavy (non-hydrogen) atoms. The van der Waals surface area contributed by atoms with Crippen molar-refractivity contribution in [3.8, 4) is 33.6 Å². The Morgan fingerprint density at radius 2 is 1.47 bits per heavy atom. The molecule has 2 fully saturated rings. The van der Waals surface area contributed by atoms with Crippen molar-refractivity contribution in [1.29, 1.82) is 0 Å². The van der Waals surface area contributed by atoms with Gasteiger partial charge in [0.25, 0.3) is 0 Å². The van der Waals surface area contributed by atoms with E-state index in [-0.39, 0.29) is 29.8 Å². The van der Waals surface area contributed by atoms with Gasteiger partial charge in [-0.25, -0.2) is 19.6 Å². The van der Waals surface area contributed by atoms with Gasteiger partial charge in [-0.05, 0) is 79.7 Å². The second-order valence-electron chi connectivity index (χ2n) is 16.0. The van der Waals surface area contributed by atoms with E-state index < -0.39 is 30.4 Å². The number of likely N-dealkylation sites (tertiary alicyclic amines) is 1. The maximum Gasteiger partial charge on any atom is 0.407 e. The molecule has 0 saturated carbocycles. The summed E-state index contributed by atoms with van der Waals surface area (Å²) in [6.07, 6.45) is 6.34. The highest BCUT2D eigenvalue weighted by atomic mass is 16.5. The van der Waals surface area contributed by atoms with Crippen molar-refractivity contribution in [3.05, 3.63) is 72.1 Å². The van der Waals surface area contributed by atoms with Crippen LogP contribution in [0, 0.1) is 5.92 Å². The van der Waals surface area contributed by atoms with E-state index >= 15 is 0 Å². The number of hydrogen-bond donors (Lipinski definition) is 4. The Kier molecular flexibility index (Phi) is 13.5. The van der Waals surface area contributed by atoms with Crippen LogP contribution < -0.4 is 10.6 Å². The van der Waals surface area contributed by atoms with Gasteiger partial charge in [-0.1, -0.05) is 50.2 Å². The fourth-order valence-corrected chi connectivity index (χ4v) is 8.40. The topological polar surface area (TPSA) is 193 Å². The van der Waals surface area contributed by atoms with Crippen LogP contribution >= 0.6 is 0 Å². The summed E-state index contributed by atoms with van der Waals surface area (Å²) in [6.45, 7) is 8.03. The number of nitrogens with zero attached hydrogens (tertiary/aromatic N) is 4. The molecule has 2 aromatic carbocycles. The Balaban J connectivity index is 1.10. The number of carbonyl (C=O) groups is 4. The minimum atomic E-state index is -0.911. The van der Waals surface area contributed by atoms with E-state index in [2.05, 4.69) is 63.1 Å². The van der Waals surface area contributed by atoms with Gasteiger partial charge < -0.3 is 49.3 Å². The van der Waals surface area contributed by atoms with Crippen LogP contribution in [0.4, 0.5) is 9.59 Å². The lowest BCUT2D eigenvalue weighted by Crippen LogP contribution is -2.54. The van der Waals surface area contributed by atoms with Crippen LogP contribution in [0.2, 0.25) is 0 Å². The van der Waals surface area contributed by atoms with Crippen molar-refractivity contribution in [3.63, 3.8) is 0 Å². The number of rotatable bonds is 7. The van der Waals surface area contributed by atoms with Crippen molar-refractivity contribution in [2.45, 2.75) is 96.2 Å². The number of nitrogens with one attached hydrogen (secondary N) is 4. The molecule has 7 rings (SSSR count). The van der Waals surface area contributed by atoms with Crippen molar-refractivity contribution in [1.82, 2.24) is 40.4 Å².